The summed E-state index contributed by atoms with van der Waals surface area (Å²) in [6.45, 7) is 0. The van der Waals surface area contributed by atoms with Crippen molar-refractivity contribution in [2.24, 2.45) is 0 Å². The van der Waals surface area contributed by atoms with Crippen LogP contribution in [0.25, 0.3) is 0 Å². The topological polar surface area (TPSA) is 41.5 Å². The molecule has 0 saturated carbocycles. The minimum absolute atomic E-state index is 0. The molecule has 0 atom stereocenters. The van der Waals surface area contributed by atoms with E-state index >= 15 is 0 Å². The van der Waals surface area contributed by atoms with Crippen LogP contribution in [0.5, 0.6) is 0 Å². The fourth-order valence-corrected chi connectivity index (χ4v) is 0.256. The van der Waals surface area contributed by atoms with E-state index < -0.39 is 0 Å². The van der Waals surface area contributed by atoms with E-state index in [1.165, 1.54) is 0 Å². The zero-order valence-corrected chi connectivity index (χ0v) is 7.70. The van der Waals surface area contributed by atoms with Crippen LogP contribution in [0, 0.1) is 0 Å². The summed E-state index contributed by atoms with van der Waals surface area (Å²) in [4.78, 5) is 0. The Hall–Kier alpha value is 1.33. The molecule has 41 valence electrons. The van der Waals surface area contributed by atoms with Gasteiger partial charge in [-0.05, 0) is 7.05 Å². The van der Waals surface area contributed by atoms with Crippen LogP contribution < -0.4 is 5.32 Å². The van der Waals surface area contributed by atoms with Crippen molar-refractivity contribution >= 4 is 12.0 Å². The van der Waals surface area contributed by atoms with Crippen LogP contribution >= 0.6 is 12.0 Å². The third-order valence-electron chi connectivity index (χ3n) is 0.256. The van der Waals surface area contributed by atoms with Crippen molar-refractivity contribution in [3.63, 3.8) is 0 Å². The largest absolute Gasteiger partial charge is 0.309 e. The van der Waals surface area contributed by atoms with Gasteiger partial charge >= 0.3 is 0 Å². The first kappa shape index (κ1) is 11.2. The van der Waals surface area contributed by atoms with Gasteiger partial charge in [0.2, 0.25) is 0 Å². The third-order valence-corrected chi connectivity index (χ3v) is 0.768. The summed E-state index contributed by atoms with van der Waals surface area (Å²) in [6, 6.07) is 0. The molecule has 2 N–H and O–H groups in total. The molecule has 7 heavy (non-hydrogen) atoms. The maximum absolute atomic E-state index is 7.62. The summed E-state index contributed by atoms with van der Waals surface area (Å²) < 4.78 is 3.64. The molecule has 0 aliphatic carbocycles. The Morgan fingerprint density at radius 2 is 2.43 bits per heavy atom. The maximum atomic E-state index is 7.62. The van der Waals surface area contributed by atoms with Gasteiger partial charge in [-0.1, -0.05) is 0 Å². The first-order valence-corrected chi connectivity index (χ1v) is 2.40. The van der Waals surface area contributed by atoms with Crippen LogP contribution in [0.15, 0.2) is 0 Å². The second-order valence-electron chi connectivity index (χ2n) is 0.690. The van der Waals surface area contributed by atoms with E-state index in [9.17, 15) is 0 Å². The molecule has 0 aromatic heterocycles. The second-order valence-corrected chi connectivity index (χ2v) is 1.36. The molecule has 0 amide bonds. The standard InChI is InChI=1S/C2H7NO2S.Y/c1-3-2-6-5-4;/h3-4H,2H2,1H3;. The molecular formula is C2H7NO2SY. The summed E-state index contributed by atoms with van der Waals surface area (Å²) in [7, 11) is 1.77. The molecular weight excluding hydrogens is 191 g/mol. The van der Waals surface area contributed by atoms with Gasteiger partial charge in [0, 0.05) is 44.8 Å². The van der Waals surface area contributed by atoms with Gasteiger partial charge in [0.05, 0.1) is 5.88 Å². The molecule has 0 aromatic carbocycles. The molecule has 0 saturated heterocycles. The minimum atomic E-state index is 0. The van der Waals surface area contributed by atoms with Crippen LogP contribution in [0.1, 0.15) is 0 Å². The minimum Gasteiger partial charge on any atom is -0.309 e. The van der Waals surface area contributed by atoms with E-state index in [4.69, 9.17) is 5.26 Å². The molecule has 0 aromatic rings. The Morgan fingerprint density at radius 3 is 2.57 bits per heavy atom. The van der Waals surface area contributed by atoms with Crippen molar-refractivity contribution in [2.45, 2.75) is 0 Å². The van der Waals surface area contributed by atoms with Gasteiger partial charge in [0.15, 0.2) is 0 Å². The predicted octanol–water partition coefficient (Wildman–Crippen LogP) is 0.299. The molecule has 0 rings (SSSR count). The van der Waals surface area contributed by atoms with Crippen molar-refractivity contribution in [2.75, 3.05) is 12.9 Å². The van der Waals surface area contributed by atoms with Crippen molar-refractivity contribution in [1.82, 2.24) is 5.32 Å². The van der Waals surface area contributed by atoms with E-state index in [1.54, 1.807) is 7.05 Å². The number of rotatable bonds is 3. The molecule has 0 bridgehead atoms. The van der Waals surface area contributed by atoms with E-state index in [1.807, 2.05) is 0 Å². The van der Waals surface area contributed by atoms with Gasteiger partial charge in [0.25, 0.3) is 0 Å². The number of hydrogen-bond acceptors (Lipinski definition) is 4. The SMILES string of the molecule is CNCSOO.[Y]. The van der Waals surface area contributed by atoms with Gasteiger partial charge in [-0.3, -0.25) is 0 Å². The van der Waals surface area contributed by atoms with Crippen molar-refractivity contribution in [3.05, 3.63) is 0 Å². The van der Waals surface area contributed by atoms with Crippen LogP contribution in [0.3, 0.4) is 0 Å². The van der Waals surface area contributed by atoms with Gasteiger partial charge in [0.1, 0.15) is 0 Å². The Kier molecular flexibility index (Phi) is 16.5. The number of nitrogens with one attached hydrogen (secondary N) is 1. The summed E-state index contributed by atoms with van der Waals surface area (Å²) in [5, 5.41) is 10.4. The van der Waals surface area contributed by atoms with Gasteiger partial charge in [-0.25, -0.2) is 5.26 Å². The van der Waals surface area contributed by atoms with E-state index in [0.29, 0.717) is 5.88 Å². The zero-order chi connectivity index (χ0) is 4.83. The van der Waals surface area contributed by atoms with Crippen molar-refractivity contribution in [1.29, 1.82) is 0 Å². The predicted molar refractivity (Wildman–Crippen MR) is 25.2 cm³/mol. The molecule has 5 heteroatoms. The molecule has 0 heterocycles. The average molecular weight is 198 g/mol. The van der Waals surface area contributed by atoms with Gasteiger partial charge < -0.3 is 5.32 Å². The Bertz CT molecular complexity index is 27.7. The molecule has 3 nitrogen and oxygen atoms in total. The van der Waals surface area contributed by atoms with E-state index in [0.717, 1.165) is 12.0 Å². The summed E-state index contributed by atoms with van der Waals surface area (Å²) >= 11 is 0.953. The molecule has 0 unspecified atom stereocenters. The zero-order valence-electron chi connectivity index (χ0n) is 4.05. The van der Waals surface area contributed by atoms with Crippen molar-refractivity contribution in [3.8, 4) is 0 Å². The Morgan fingerprint density at radius 1 is 1.86 bits per heavy atom. The fourth-order valence-electron chi connectivity index (χ4n) is 0.0853. The van der Waals surface area contributed by atoms with Gasteiger partial charge in [-0.2, -0.15) is 4.33 Å². The normalized spacial score (nSPS) is 7.71. The smallest absolute Gasteiger partial charge is 0.0715 e. The van der Waals surface area contributed by atoms with E-state index in [2.05, 4.69) is 9.65 Å². The summed E-state index contributed by atoms with van der Waals surface area (Å²) in [6.07, 6.45) is 0. The first-order valence-electron chi connectivity index (χ1n) is 1.49. The van der Waals surface area contributed by atoms with Crippen LogP contribution in [-0.4, -0.2) is 18.2 Å². The molecule has 0 fully saturated rings. The average Bonchev–Trinajstić information content (AvgIpc) is 1.61. The van der Waals surface area contributed by atoms with Crippen molar-refractivity contribution < 1.29 is 42.3 Å². The molecule has 0 spiro atoms. The molecule has 1 radical (unpaired) electrons. The van der Waals surface area contributed by atoms with E-state index in [-0.39, 0.29) is 32.7 Å². The van der Waals surface area contributed by atoms with Crippen LogP contribution in [0.4, 0.5) is 0 Å². The summed E-state index contributed by atoms with van der Waals surface area (Å²) in [5.74, 6) is 0.608. The quantitative estimate of drug-likeness (QED) is 0.225. The Labute approximate surface area is 72.2 Å². The van der Waals surface area contributed by atoms with Crippen LogP contribution in [0.2, 0.25) is 0 Å². The summed E-state index contributed by atoms with van der Waals surface area (Å²) in [5.41, 5.74) is 0. The maximum Gasteiger partial charge on any atom is 0.0715 e. The Balaban J connectivity index is 0. The molecule has 0 aliphatic rings. The van der Waals surface area contributed by atoms with Crippen LogP contribution in [-0.2, 0) is 37.0 Å². The second kappa shape index (κ2) is 10.3. The number of hydrogen-bond donors (Lipinski definition) is 2. The monoisotopic (exact) mass is 198 g/mol. The molecule has 0 aliphatic heterocycles. The fraction of sp³-hybridized carbons (Fsp3) is 1.00. The first-order chi connectivity index (χ1) is 2.91. The van der Waals surface area contributed by atoms with Gasteiger partial charge in [-0.15, -0.1) is 0 Å². The third kappa shape index (κ3) is 11.1.